The van der Waals surface area contributed by atoms with E-state index < -0.39 is 0 Å². The van der Waals surface area contributed by atoms with Crippen LogP contribution in [0.1, 0.15) is 31.9 Å². The normalized spacial score (nSPS) is 12.8. The zero-order valence-electron chi connectivity index (χ0n) is 12.9. The Balaban J connectivity index is 2.85. The fraction of sp³-hybridized carbons (Fsp3) is 0.625. The van der Waals surface area contributed by atoms with E-state index in [-0.39, 0.29) is 12.6 Å². The molecule has 0 bridgehead atoms. The van der Waals surface area contributed by atoms with Crippen molar-refractivity contribution in [3.8, 4) is 0 Å². The molecule has 108 valence electrons. The van der Waals surface area contributed by atoms with Gasteiger partial charge in [0.15, 0.2) is 0 Å². The Kier molecular flexibility index (Phi) is 6.32. The molecule has 0 spiro atoms. The molecule has 0 aliphatic carbocycles. The molecule has 0 amide bonds. The van der Waals surface area contributed by atoms with Crippen molar-refractivity contribution in [1.82, 2.24) is 5.32 Å². The van der Waals surface area contributed by atoms with Crippen molar-refractivity contribution >= 4 is 5.69 Å². The minimum atomic E-state index is 0.131. The number of hydrogen-bond acceptors (Lipinski definition) is 3. The van der Waals surface area contributed by atoms with Crippen LogP contribution < -0.4 is 10.2 Å². The zero-order chi connectivity index (χ0) is 14.4. The standard InChI is InChI=1S/C16H28N2O/c1-12(2)9-17-10-15-8-13(3)6-7-16(15)18(5)14(4)11-19/h6-8,12,14,17,19H,9-11H2,1-5H3. The highest BCUT2D eigenvalue weighted by Crippen LogP contribution is 2.22. The number of hydrogen-bond donors (Lipinski definition) is 2. The van der Waals surface area contributed by atoms with Crippen LogP contribution in [0.5, 0.6) is 0 Å². The minimum Gasteiger partial charge on any atom is -0.394 e. The van der Waals surface area contributed by atoms with Crippen molar-refractivity contribution in [2.75, 3.05) is 25.1 Å². The molecule has 0 saturated heterocycles. The Bertz CT molecular complexity index is 390. The van der Waals surface area contributed by atoms with E-state index in [1.807, 2.05) is 14.0 Å². The van der Waals surface area contributed by atoms with E-state index in [2.05, 4.69) is 49.2 Å². The van der Waals surface area contributed by atoms with Gasteiger partial charge in [-0.2, -0.15) is 0 Å². The van der Waals surface area contributed by atoms with Crippen LogP contribution in [0.4, 0.5) is 5.69 Å². The van der Waals surface area contributed by atoms with Gasteiger partial charge in [0.2, 0.25) is 0 Å². The molecule has 19 heavy (non-hydrogen) atoms. The van der Waals surface area contributed by atoms with Gasteiger partial charge in [-0.3, -0.25) is 0 Å². The number of nitrogens with one attached hydrogen (secondary N) is 1. The summed E-state index contributed by atoms with van der Waals surface area (Å²) < 4.78 is 0. The van der Waals surface area contributed by atoms with Crippen LogP contribution in [0.2, 0.25) is 0 Å². The quantitative estimate of drug-likeness (QED) is 0.794. The number of aryl methyl sites for hydroxylation is 1. The van der Waals surface area contributed by atoms with Gasteiger partial charge in [-0.1, -0.05) is 31.5 Å². The molecule has 1 unspecified atom stereocenters. The Morgan fingerprint density at radius 1 is 1.26 bits per heavy atom. The van der Waals surface area contributed by atoms with E-state index in [0.717, 1.165) is 13.1 Å². The summed E-state index contributed by atoms with van der Waals surface area (Å²) in [4.78, 5) is 2.14. The van der Waals surface area contributed by atoms with Crippen molar-refractivity contribution in [3.63, 3.8) is 0 Å². The van der Waals surface area contributed by atoms with Gasteiger partial charge in [0.25, 0.3) is 0 Å². The summed E-state index contributed by atoms with van der Waals surface area (Å²) in [6.45, 7) is 10.6. The van der Waals surface area contributed by atoms with Crippen molar-refractivity contribution in [3.05, 3.63) is 29.3 Å². The van der Waals surface area contributed by atoms with Gasteiger partial charge in [-0.25, -0.2) is 0 Å². The molecule has 0 heterocycles. The van der Waals surface area contributed by atoms with E-state index in [1.165, 1.54) is 16.8 Å². The lowest BCUT2D eigenvalue weighted by Crippen LogP contribution is -2.33. The van der Waals surface area contributed by atoms with E-state index in [9.17, 15) is 5.11 Å². The van der Waals surface area contributed by atoms with Crippen molar-refractivity contribution in [1.29, 1.82) is 0 Å². The van der Waals surface area contributed by atoms with Crippen LogP contribution in [-0.4, -0.2) is 31.3 Å². The van der Waals surface area contributed by atoms with E-state index >= 15 is 0 Å². The van der Waals surface area contributed by atoms with Crippen LogP contribution in [0, 0.1) is 12.8 Å². The monoisotopic (exact) mass is 264 g/mol. The first-order valence-electron chi connectivity index (χ1n) is 7.09. The average molecular weight is 264 g/mol. The van der Waals surface area contributed by atoms with Gasteiger partial charge in [-0.05, 0) is 37.9 Å². The number of likely N-dealkylation sites (N-methyl/N-ethyl adjacent to an activating group) is 1. The van der Waals surface area contributed by atoms with Gasteiger partial charge >= 0.3 is 0 Å². The highest BCUT2D eigenvalue weighted by molar-refractivity contribution is 5.55. The topological polar surface area (TPSA) is 35.5 Å². The minimum absolute atomic E-state index is 0.131. The maximum atomic E-state index is 9.30. The van der Waals surface area contributed by atoms with Gasteiger partial charge < -0.3 is 15.3 Å². The Morgan fingerprint density at radius 2 is 1.95 bits per heavy atom. The fourth-order valence-electron chi connectivity index (χ4n) is 2.06. The molecule has 2 N–H and O–H groups in total. The number of aliphatic hydroxyl groups is 1. The van der Waals surface area contributed by atoms with E-state index in [0.29, 0.717) is 5.92 Å². The second-order valence-corrected chi connectivity index (χ2v) is 5.80. The first kappa shape index (κ1) is 16.0. The lowest BCUT2D eigenvalue weighted by molar-refractivity contribution is 0.270. The van der Waals surface area contributed by atoms with Crippen LogP contribution in [0.15, 0.2) is 18.2 Å². The molecule has 3 nitrogen and oxygen atoms in total. The van der Waals surface area contributed by atoms with Crippen LogP contribution in [0.3, 0.4) is 0 Å². The summed E-state index contributed by atoms with van der Waals surface area (Å²) in [5.74, 6) is 0.655. The third-order valence-corrected chi connectivity index (χ3v) is 3.41. The summed E-state index contributed by atoms with van der Waals surface area (Å²) >= 11 is 0. The van der Waals surface area contributed by atoms with Gasteiger partial charge in [0, 0.05) is 25.3 Å². The number of anilines is 1. The predicted octanol–water partition coefficient (Wildman–Crippen LogP) is 2.56. The molecule has 0 radical (unpaired) electrons. The fourth-order valence-corrected chi connectivity index (χ4v) is 2.06. The number of benzene rings is 1. The first-order valence-corrected chi connectivity index (χ1v) is 7.09. The van der Waals surface area contributed by atoms with Gasteiger partial charge in [0.05, 0.1) is 6.61 Å². The van der Waals surface area contributed by atoms with Crippen LogP contribution in [0.25, 0.3) is 0 Å². The second kappa shape index (κ2) is 7.51. The third kappa shape index (κ3) is 4.84. The van der Waals surface area contributed by atoms with Crippen LogP contribution >= 0.6 is 0 Å². The Morgan fingerprint density at radius 3 is 2.53 bits per heavy atom. The van der Waals surface area contributed by atoms with Gasteiger partial charge in [0.1, 0.15) is 0 Å². The molecule has 1 aromatic carbocycles. The molecule has 3 heteroatoms. The summed E-state index contributed by atoms with van der Waals surface area (Å²) in [5.41, 5.74) is 3.77. The van der Waals surface area contributed by atoms with E-state index in [1.54, 1.807) is 0 Å². The molecular formula is C16H28N2O. The average Bonchev–Trinajstić information content (AvgIpc) is 2.37. The van der Waals surface area contributed by atoms with Crippen molar-refractivity contribution in [2.45, 2.75) is 40.3 Å². The highest BCUT2D eigenvalue weighted by atomic mass is 16.3. The smallest absolute Gasteiger partial charge is 0.0632 e. The molecule has 1 aromatic rings. The number of aliphatic hydroxyl groups excluding tert-OH is 1. The highest BCUT2D eigenvalue weighted by Gasteiger charge is 2.12. The zero-order valence-corrected chi connectivity index (χ0v) is 12.9. The molecular weight excluding hydrogens is 236 g/mol. The maximum absolute atomic E-state index is 9.30. The summed E-state index contributed by atoms with van der Waals surface area (Å²) in [6, 6.07) is 6.63. The number of nitrogens with zero attached hydrogens (tertiary/aromatic N) is 1. The summed E-state index contributed by atoms with van der Waals surface area (Å²) in [6.07, 6.45) is 0. The molecule has 1 rings (SSSR count). The molecule has 0 aromatic heterocycles. The Labute approximate surface area is 117 Å². The summed E-state index contributed by atoms with van der Waals surface area (Å²) in [5, 5.41) is 12.8. The van der Waals surface area contributed by atoms with Gasteiger partial charge in [-0.15, -0.1) is 0 Å². The summed E-state index contributed by atoms with van der Waals surface area (Å²) in [7, 11) is 2.04. The van der Waals surface area contributed by atoms with Crippen LogP contribution in [-0.2, 0) is 6.54 Å². The largest absolute Gasteiger partial charge is 0.394 e. The molecule has 1 atom stereocenters. The second-order valence-electron chi connectivity index (χ2n) is 5.80. The molecule has 0 aliphatic rings. The van der Waals surface area contributed by atoms with Crippen molar-refractivity contribution < 1.29 is 5.11 Å². The number of rotatable bonds is 7. The van der Waals surface area contributed by atoms with Crippen molar-refractivity contribution in [2.24, 2.45) is 5.92 Å². The lowest BCUT2D eigenvalue weighted by atomic mass is 10.1. The molecule has 0 fully saturated rings. The SMILES string of the molecule is Cc1ccc(N(C)C(C)CO)c(CNCC(C)C)c1. The first-order chi connectivity index (χ1) is 8.95. The predicted molar refractivity (Wildman–Crippen MR) is 82.7 cm³/mol. The maximum Gasteiger partial charge on any atom is 0.0632 e. The third-order valence-electron chi connectivity index (χ3n) is 3.41. The Hall–Kier alpha value is -1.06. The van der Waals surface area contributed by atoms with E-state index in [4.69, 9.17) is 0 Å². The molecule has 0 saturated carbocycles. The molecule has 0 aliphatic heterocycles. The lowest BCUT2D eigenvalue weighted by Gasteiger charge is -2.28.